The van der Waals surface area contributed by atoms with E-state index in [1.807, 2.05) is 0 Å². The van der Waals surface area contributed by atoms with Gasteiger partial charge < -0.3 is 15.1 Å². The Bertz CT molecular complexity index is 418. The fourth-order valence-electron chi connectivity index (χ4n) is 5.87. The van der Waals surface area contributed by atoms with Crippen molar-refractivity contribution in [3.05, 3.63) is 0 Å². The van der Waals surface area contributed by atoms with Crippen molar-refractivity contribution in [1.29, 1.82) is 0 Å². The number of rotatable bonds is 3. The van der Waals surface area contributed by atoms with Crippen molar-refractivity contribution in [2.75, 3.05) is 58.9 Å². The molecule has 4 rings (SSSR count). The molecule has 4 fully saturated rings. The van der Waals surface area contributed by atoms with E-state index in [2.05, 4.69) is 40.8 Å². The lowest BCUT2D eigenvalue weighted by Crippen LogP contribution is -2.48. The van der Waals surface area contributed by atoms with Crippen LogP contribution in [0.15, 0.2) is 0 Å². The van der Waals surface area contributed by atoms with Crippen molar-refractivity contribution < 1.29 is 0 Å². The predicted molar refractivity (Wildman–Crippen MR) is 105 cm³/mol. The van der Waals surface area contributed by atoms with Gasteiger partial charge in [-0.2, -0.15) is 0 Å². The Morgan fingerprint density at radius 1 is 0.880 bits per heavy atom. The molecule has 0 bridgehead atoms. The van der Waals surface area contributed by atoms with Crippen molar-refractivity contribution in [2.24, 2.45) is 17.8 Å². The van der Waals surface area contributed by atoms with Crippen LogP contribution in [0, 0.1) is 17.8 Å². The number of likely N-dealkylation sites (tertiary alicyclic amines) is 2. The smallest absolute Gasteiger partial charge is 0.0125 e. The molecule has 0 aromatic heterocycles. The Balaban J connectivity index is 1.21. The second-order valence-electron chi connectivity index (χ2n) is 10.3. The van der Waals surface area contributed by atoms with Crippen LogP contribution in [0.1, 0.15) is 46.5 Å². The van der Waals surface area contributed by atoms with Crippen molar-refractivity contribution >= 4 is 0 Å². The molecule has 0 aromatic rings. The Kier molecular flexibility index (Phi) is 5.43. The highest BCUT2D eigenvalue weighted by Gasteiger charge is 2.45. The Hall–Kier alpha value is -0.160. The van der Waals surface area contributed by atoms with Gasteiger partial charge in [0.05, 0.1) is 0 Å². The number of hydrogen-bond donors (Lipinski definition) is 1. The van der Waals surface area contributed by atoms with Gasteiger partial charge in [-0.15, -0.1) is 0 Å². The first-order valence-electron chi connectivity index (χ1n) is 10.9. The molecule has 1 N–H and O–H groups in total. The fraction of sp³-hybridized carbons (Fsp3) is 1.00. The lowest BCUT2D eigenvalue weighted by molar-refractivity contribution is 0.0958. The van der Waals surface area contributed by atoms with Gasteiger partial charge in [-0.3, -0.25) is 4.90 Å². The zero-order valence-corrected chi connectivity index (χ0v) is 16.8. The topological polar surface area (TPSA) is 21.8 Å². The summed E-state index contributed by atoms with van der Waals surface area (Å²) in [7, 11) is 0. The summed E-state index contributed by atoms with van der Waals surface area (Å²) in [6.45, 7) is 18.8. The summed E-state index contributed by atoms with van der Waals surface area (Å²) < 4.78 is 0. The molecular formula is C21H40N4. The SMILES string of the molecule is CC(C)(C)N1CC2CC(N3CCC(CN4CCNCC4)CC3)CC2C1. The van der Waals surface area contributed by atoms with Gasteiger partial charge >= 0.3 is 0 Å². The molecule has 2 atom stereocenters. The van der Waals surface area contributed by atoms with Crippen LogP contribution in [0.5, 0.6) is 0 Å². The normalized spacial score (nSPS) is 36.8. The zero-order chi connectivity index (χ0) is 17.4. The van der Waals surface area contributed by atoms with Crippen molar-refractivity contribution in [3.8, 4) is 0 Å². The number of nitrogens with one attached hydrogen (secondary N) is 1. The molecule has 144 valence electrons. The highest BCUT2D eigenvalue weighted by atomic mass is 15.2. The summed E-state index contributed by atoms with van der Waals surface area (Å²) >= 11 is 0. The average molecular weight is 349 g/mol. The standard InChI is InChI=1S/C21H40N4/c1-21(2,3)25-15-18-12-20(13-19(18)16-25)24-8-4-17(5-9-24)14-23-10-6-22-7-11-23/h17-20,22H,4-16H2,1-3H3. The third kappa shape index (κ3) is 4.23. The molecule has 3 heterocycles. The van der Waals surface area contributed by atoms with Crippen LogP contribution >= 0.6 is 0 Å². The average Bonchev–Trinajstić information content (AvgIpc) is 3.15. The van der Waals surface area contributed by atoms with Gasteiger partial charge in [0.2, 0.25) is 0 Å². The first kappa shape index (κ1) is 18.2. The molecule has 0 radical (unpaired) electrons. The molecule has 3 saturated heterocycles. The molecule has 3 aliphatic heterocycles. The van der Waals surface area contributed by atoms with E-state index in [9.17, 15) is 0 Å². The van der Waals surface area contributed by atoms with Gasteiger partial charge in [-0.05, 0) is 77.3 Å². The van der Waals surface area contributed by atoms with Crippen molar-refractivity contribution in [3.63, 3.8) is 0 Å². The Morgan fingerprint density at radius 2 is 1.48 bits per heavy atom. The second-order valence-corrected chi connectivity index (χ2v) is 10.3. The summed E-state index contributed by atoms with van der Waals surface area (Å²) in [5.74, 6) is 2.90. The molecule has 1 saturated carbocycles. The van der Waals surface area contributed by atoms with Crippen LogP contribution in [0.25, 0.3) is 0 Å². The number of nitrogens with zero attached hydrogens (tertiary/aromatic N) is 3. The van der Waals surface area contributed by atoms with Crippen molar-refractivity contribution in [2.45, 2.75) is 58.0 Å². The maximum atomic E-state index is 3.47. The summed E-state index contributed by atoms with van der Waals surface area (Å²) in [5, 5.41) is 3.47. The fourth-order valence-corrected chi connectivity index (χ4v) is 5.87. The highest BCUT2D eigenvalue weighted by Crippen LogP contribution is 2.42. The van der Waals surface area contributed by atoms with Crippen LogP contribution in [0.3, 0.4) is 0 Å². The van der Waals surface area contributed by atoms with Gasteiger partial charge in [0.1, 0.15) is 0 Å². The van der Waals surface area contributed by atoms with E-state index in [0.29, 0.717) is 5.54 Å². The van der Waals surface area contributed by atoms with Gasteiger partial charge in [-0.25, -0.2) is 0 Å². The van der Waals surface area contributed by atoms with E-state index in [0.717, 1.165) is 23.8 Å². The lowest BCUT2D eigenvalue weighted by atomic mass is 9.94. The van der Waals surface area contributed by atoms with Crippen molar-refractivity contribution in [1.82, 2.24) is 20.0 Å². The monoisotopic (exact) mass is 348 g/mol. The largest absolute Gasteiger partial charge is 0.314 e. The van der Waals surface area contributed by atoms with E-state index in [1.54, 1.807) is 0 Å². The zero-order valence-electron chi connectivity index (χ0n) is 16.8. The summed E-state index contributed by atoms with van der Waals surface area (Å²) in [6.07, 6.45) is 5.81. The van der Waals surface area contributed by atoms with Crippen LogP contribution in [0.2, 0.25) is 0 Å². The highest BCUT2D eigenvalue weighted by molar-refractivity contribution is 4.99. The molecule has 0 spiro atoms. The third-order valence-corrected chi connectivity index (χ3v) is 7.57. The van der Waals surface area contributed by atoms with Gasteiger partial charge in [0, 0.05) is 57.4 Å². The lowest BCUT2D eigenvalue weighted by Gasteiger charge is -2.39. The van der Waals surface area contributed by atoms with Crippen LogP contribution in [-0.2, 0) is 0 Å². The Labute approximate surface area is 155 Å². The first-order chi connectivity index (χ1) is 12.0. The molecular weight excluding hydrogens is 308 g/mol. The van der Waals surface area contributed by atoms with E-state index >= 15 is 0 Å². The molecule has 1 aliphatic carbocycles. The van der Waals surface area contributed by atoms with Gasteiger partial charge in [0.25, 0.3) is 0 Å². The predicted octanol–water partition coefficient (Wildman–Crippen LogP) is 2.11. The summed E-state index contributed by atoms with van der Waals surface area (Å²) in [4.78, 5) is 8.30. The second kappa shape index (κ2) is 7.46. The van der Waals surface area contributed by atoms with E-state index in [1.165, 1.54) is 84.6 Å². The minimum absolute atomic E-state index is 0.363. The molecule has 4 heteroatoms. The number of piperazine rings is 1. The number of fused-ring (bicyclic) bond motifs is 1. The van der Waals surface area contributed by atoms with Gasteiger partial charge in [-0.1, -0.05) is 0 Å². The minimum atomic E-state index is 0.363. The number of piperidine rings is 1. The third-order valence-electron chi connectivity index (χ3n) is 7.57. The number of hydrogen-bond acceptors (Lipinski definition) is 4. The van der Waals surface area contributed by atoms with E-state index in [-0.39, 0.29) is 0 Å². The van der Waals surface area contributed by atoms with Crippen LogP contribution in [0.4, 0.5) is 0 Å². The van der Waals surface area contributed by atoms with E-state index in [4.69, 9.17) is 0 Å². The molecule has 2 unspecified atom stereocenters. The van der Waals surface area contributed by atoms with Crippen LogP contribution < -0.4 is 5.32 Å². The first-order valence-corrected chi connectivity index (χ1v) is 10.9. The maximum absolute atomic E-state index is 3.47. The molecule has 25 heavy (non-hydrogen) atoms. The maximum Gasteiger partial charge on any atom is 0.0125 e. The van der Waals surface area contributed by atoms with E-state index < -0.39 is 0 Å². The molecule has 0 amide bonds. The molecule has 4 nitrogen and oxygen atoms in total. The van der Waals surface area contributed by atoms with Gasteiger partial charge in [0.15, 0.2) is 0 Å². The Morgan fingerprint density at radius 3 is 2.04 bits per heavy atom. The molecule has 4 aliphatic rings. The molecule has 0 aromatic carbocycles. The summed E-state index contributed by atoms with van der Waals surface area (Å²) in [6, 6.07) is 0.900. The van der Waals surface area contributed by atoms with Crippen LogP contribution in [-0.4, -0.2) is 85.2 Å². The quantitative estimate of drug-likeness (QED) is 0.843. The summed E-state index contributed by atoms with van der Waals surface area (Å²) in [5.41, 5.74) is 0.363. The minimum Gasteiger partial charge on any atom is -0.314 e.